The fraction of sp³-hybridized carbons (Fsp3) is 0.846. The predicted molar refractivity (Wildman–Crippen MR) is 71.0 cm³/mol. The lowest BCUT2D eigenvalue weighted by molar-refractivity contribution is -0.137. The molecule has 0 saturated carbocycles. The summed E-state index contributed by atoms with van der Waals surface area (Å²) in [5.41, 5.74) is 0. The van der Waals surface area contributed by atoms with Crippen LogP contribution in [0.15, 0.2) is 0 Å². The molecule has 110 valence electrons. The van der Waals surface area contributed by atoms with Crippen LogP contribution in [0.3, 0.4) is 0 Å². The summed E-state index contributed by atoms with van der Waals surface area (Å²) in [5, 5.41) is 11.5. The van der Waals surface area contributed by atoms with Gasteiger partial charge in [-0.2, -0.15) is 0 Å². The zero-order valence-electron chi connectivity index (χ0n) is 11.7. The van der Waals surface area contributed by atoms with E-state index in [-0.39, 0.29) is 18.5 Å². The molecule has 2 atom stereocenters. The van der Waals surface area contributed by atoms with Crippen LogP contribution in [-0.2, 0) is 9.53 Å². The number of carboxylic acid groups (broad SMARTS) is 1. The quantitative estimate of drug-likeness (QED) is 0.764. The van der Waals surface area contributed by atoms with E-state index in [1.165, 1.54) is 0 Å². The molecule has 1 aliphatic heterocycles. The van der Waals surface area contributed by atoms with Crippen molar-refractivity contribution in [2.24, 2.45) is 5.92 Å². The number of carbonyl (C=O) groups excluding carboxylic acids is 1. The number of morpholine rings is 1. The van der Waals surface area contributed by atoms with Crippen LogP contribution >= 0.6 is 0 Å². The van der Waals surface area contributed by atoms with Gasteiger partial charge in [0.05, 0.1) is 19.3 Å². The topological polar surface area (TPSA) is 78.9 Å². The third kappa shape index (κ3) is 5.92. The SMILES string of the molecule is CC(CCNC(=O)N1CCOCC1C)CCC(=O)O. The molecule has 1 heterocycles. The van der Waals surface area contributed by atoms with Crippen molar-refractivity contribution in [3.8, 4) is 0 Å². The van der Waals surface area contributed by atoms with Crippen molar-refractivity contribution in [1.82, 2.24) is 10.2 Å². The zero-order valence-corrected chi connectivity index (χ0v) is 11.7. The zero-order chi connectivity index (χ0) is 14.3. The van der Waals surface area contributed by atoms with E-state index in [2.05, 4.69) is 5.32 Å². The normalized spacial score (nSPS) is 20.9. The van der Waals surface area contributed by atoms with Crippen molar-refractivity contribution < 1.29 is 19.4 Å². The lowest BCUT2D eigenvalue weighted by atomic mass is 10.0. The van der Waals surface area contributed by atoms with E-state index in [1.807, 2.05) is 13.8 Å². The minimum Gasteiger partial charge on any atom is -0.481 e. The van der Waals surface area contributed by atoms with Crippen molar-refractivity contribution in [2.45, 2.75) is 39.2 Å². The molecule has 6 heteroatoms. The fourth-order valence-corrected chi connectivity index (χ4v) is 2.07. The minimum absolute atomic E-state index is 0.0544. The van der Waals surface area contributed by atoms with Crippen molar-refractivity contribution in [3.05, 3.63) is 0 Å². The van der Waals surface area contributed by atoms with Crippen LogP contribution in [0.5, 0.6) is 0 Å². The summed E-state index contributed by atoms with van der Waals surface area (Å²) >= 11 is 0. The summed E-state index contributed by atoms with van der Waals surface area (Å²) in [4.78, 5) is 24.1. The van der Waals surface area contributed by atoms with Gasteiger partial charge < -0.3 is 20.1 Å². The molecule has 2 amide bonds. The second-order valence-electron chi connectivity index (χ2n) is 5.18. The standard InChI is InChI=1S/C13H24N2O4/c1-10(3-4-12(16)17)5-6-14-13(18)15-7-8-19-9-11(15)2/h10-11H,3-9H2,1-2H3,(H,14,18)(H,16,17). The lowest BCUT2D eigenvalue weighted by Crippen LogP contribution is -2.51. The van der Waals surface area contributed by atoms with Gasteiger partial charge in [0.2, 0.25) is 0 Å². The first-order chi connectivity index (χ1) is 9.00. The third-order valence-electron chi connectivity index (χ3n) is 3.39. The minimum atomic E-state index is -0.766. The fourth-order valence-electron chi connectivity index (χ4n) is 2.07. The van der Waals surface area contributed by atoms with Crippen LogP contribution in [0.4, 0.5) is 4.79 Å². The largest absolute Gasteiger partial charge is 0.481 e. The van der Waals surface area contributed by atoms with Gasteiger partial charge in [-0.25, -0.2) is 4.79 Å². The summed E-state index contributed by atoms with van der Waals surface area (Å²) < 4.78 is 5.28. The Morgan fingerprint density at radius 2 is 2.21 bits per heavy atom. The van der Waals surface area contributed by atoms with Gasteiger partial charge in [0, 0.05) is 19.5 Å². The molecule has 2 unspecified atom stereocenters. The summed E-state index contributed by atoms with van der Waals surface area (Å²) in [7, 11) is 0. The molecule has 0 aromatic carbocycles. The van der Waals surface area contributed by atoms with E-state index in [4.69, 9.17) is 9.84 Å². The van der Waals surface area contributed by atoms with E-state index in [1.54, 1.807) is 4.90 Å². The van der Waals surface area contributed by atoms with E-state index in [0.717, 1.165) is 6.42 Å². The van der Waals surface area contributed by atoms with Gasteiger partial charge >= 0.3 is 12.0 Å². The van der Waals surface area contributed by atoms with Gasteiger partial charge in [0.25, 0.3) is 0 Å². The van der Waals surface area contributed by atoms with E-state index < -0.39 is 5.97 Å². The molecule has 0 spiro atoms. The molecule has 19 heavy (non-hydrogen) atoms. The van der Waals surface area contributed by atoms with Gasteiger partial charge in [-0.3, -0.25) is 4.79 Å². The molecule has 0 aromatic heterocycles. The van der Waals surface area contributed by atoms with Gasteiger partial charge in [-0.15, -0.1) is 0 Å². The van der Waals surface area contributed by atoms with Gasteiger partial charge in [0.15, 0.2) is 0 Å². The van der Waals surface area contributed by atoms with E-state index in [9.17, 15) is 9.59 Å². The van der Waals surface area contributed by atoms with Crippen molar-refractivity contribution in [2.75, 3.05) is 26.3 Å². The molecule has 0 aliphatic carbocycles. The van der Waals surface area contributed by atoms with Crippen LogP contribution in [0.25, 0.3) is 0 Å². The van der Waals surface area contributed by atoms with Crippen LogP contribution in [0.1, 0.15) is 33.1 Å². The van der Waals surface area contributed by atoms with Gasteiger partial charge in [-0.05, 0) is 25.7 Å². The van der Waals surface area contributed by atoms with Gasteiger partial charge in [0.1, 0.15) is 0 Å². The molecular formula is C13H24N2O4. The number of carbonyl (C=O) groups is 2. The molecule has 0 bridgehead atoms. The first kappa shape index (κ1) is 15.8. The average molecular weight is 272 g/mol. The molecule has 1 rings (SSSR count). The molecule has 1 fully saturated rings. The second-order valence-corrected chi connectivity index (χ2v) is 5.18. The second kappa shape index (κ2) is 7.99. The Morgan fingerprint density at radius 3 is 2.84 bits per heavy atom. The van der Waals surface area contributed by atoms with Crippen molar-refractivity contribution in [1.29, 1.82) is 0 Å². The Labute approximate surface area is 114 Å². The molecule has 0 aromatic rings. The molecule has 2 N–H and O–H groups in total. The number of aliphatic carboxylic acids is 1. The monoisotopic (exact) mass is 272 g/mol. The number of hydrogen-bond acceptors (Lipinski definition) is 3. The Morgan fingerprint density at radius 1 is 1.47 bits per heavy atom. The van der Waals surface area contributed by atoms with Crippen LogP contribution in [-0.4, -0.2) is 54.4 Å². The maximum absolute atomic E-state index is 11.9. The number of ether oxygens (including phenoxy) is 1. The first-order valence-electron chi connectivity index (χ1n) is 6.84. The Hall–Kier alpha value is -1.30. The summed E-state index contributed by atoms with van der Waals surface area (Å²) in [5.74, 6) is -0.462. The number of nitrogens with zero attached hydrogens (tertiary/aromatic N) is 1. The van der Waals surface area contributed by atoms with E-state index >= 15 is 0 Å². The molecule has 0 radical (unpaired) electrons. The molecule has 1 saturated heterocycles. The highest BCUT2D eigenvalue weighted by Crippen LogP contribution is 2.10. The third-order valence-corrected chi connectivity index (χ3v) is 3.39. The van der Waals surface area contributed by atoms with Crippen LogP contribution in [0.2, 0.25) is 0 Å². The molecule has 6 nitrogen and oxygen atoms in total. The summed E-state index contributed by atoms with van der Waals surface area (Å²) in [6.45, 7) is 6.36. The van der Waals surface area contributed by atoms with Crippen molar-refractivity contribution in [3.63, 3.8) is 0 Å². The summed E-state index contributed by atoms with van der Waals surface area (Å²) in [6, 6.07) is 0.0550. The maximum Gasteiger partial charge on any atom is 0.317 e. The number of urea groups is 1. The molecule has 1 aliphatic rings. The maximum atomic E-state index is 11.9. The highest BCUT2D eigenvalue weighted by Gasteiger charge is 2.23. The highest BCUT2D eigenvalue weighted by atomic mass is 16.5. The van der Waals surface area contributed by atoms with E-state index in [0.29, 0.717) is 38.6 Å². The Bertz CT molecular complexity index is 309. The van der Waals surface area contributed by atoms with Gasteiger partial charge in [-0.1, -0.05) is 6.92 Å². The van der Waals surface area contributed by atoms with Crippen LogP contribution in [0, 0.1) is 5.92 Å². The predicted octanol–water partition coefficient (Wildman–Crippen LogP) is 1.31. The smallest absolute Gasteiger partial charge is 0.317 e. The number of nitrogens with one attached hydrogen (secondary N) is 1. The summed E-state index contributed by atoms with van der Waals surface area (Å²) in [6.07, 6.45) is 1.65. The number of rotatable bonds is 6. The first-order valence-corrected chi connectivity index (χ1v) is 6.84. The van der Waals surface area contributed by atoms with Crippen molar-refractivity contribution >= 4 is 12.0 Å². The molecular weight excluding hydrogens is 248 g/mol. The average Bonchev–Trinajstić information content (AvgIpc) is 2.36. The Balaban J connectivity index is 2.17. The highest BCUT2D eigenvalue weighted by molar-refractivity contribution is 5.74. The lowest BCUT2D eigenvalue weighted by Gasteiger charge is -2.33. The number of carboxylic acids is 1. The van der Waals surface area contributed by atoms with Crippen LogP contribution < -0.4 is 5.32 Å². The Kier molecular flexibility index (Phi) is 6.62. The number of amides is 2. The number of hydrogen-bond donors (Lipinski definition) is 2.